The van der Waals surface area contributed by atoms with E-state index in [4.69, 9.17) is 5.73 Å². The summed E-state index contributed by atoms with van der Waals surface area (Å²) in [6, 6.07) is 0.128. The molecule has 1 amide bonds. The first-order valence-corrected chi connectivity index (χ1v) is 6.78. The Kier molecular flexibility index (Phi) is 6.57. The Morgan fingerprint density at radius 2 is 2.29 bits per heavy atom. The molecule has 118 valence electrons. The fourth-order valence-electron chi connectivity index (χ4n) is 2.50. The van der Waals surface area contributed by atoms with E-state index in [-0.39, 0.29) is 36.5 Å². The number of hydrogen-bond donors (Lipinski definition) is 1. The maximum atomic E-state index is 12.2. The lowest BCUT2D eigenvalue weighted by Crippen LogP contribution is -2.47. The summed E-state index contributed by atoms with van der Waals surface area (Å²) in [5, 5.41) is 14.4. The number of likely N-dealkylation sites (tertiary alicyclic amines) is 1. The second-order valence-electron chi connectivity index (χ2n) is 4.94. The Labute approximate surface area is 128 Å². The van der Waals surface area contributed by atoms with Gasteiger partial charge in [-0.15, -0.1) is 12.4 Å². The highest BCUT2D eigenvalue weighted by Gasteiger charge is 2.25. The standard InChI is InChI=1S/C12H19N5O3.ClH/c13-7-10-3-1-2-5-16(10)12(18)4-6-15-9-11(8-14-15)17(19)20;/h8-10H,1-7,13H2;1H. The number of hydrogen-bond acceptors (Lipinski definition) is 5. The Hall–Kier alpha value is -1.67. The molecule has 8 nitrogen and oxygen atoms in total. The first-order valence-electron chi connectivity index (χ1n) is 6.78. The molecule has 2 rings (SSSR count). The van der Waals surface area contributed by atoms with Crippen LogP contribution in [0, 0.1) is 10.1 Å². The molecule has 0 aromatic carbocycles. The number of halogens is 1. The number of nitrogens with two attached hydrogens (primary N) is 1. The van der Waals surface area contributed by atoms with Crippen LogP contribution in [0.3, 0.4) is 0 Å². The first kappa shape index (κ1) is 17.4. The third kappa shape index (κ3) is 4.40. The van der Waals surface area contributed by atoms with Gasteiger partial charge in [0.1, 0.15) is 12.4 Å². The number of carbonyl (C=O) groups excluding carboxylic acids is 1. The van der Waals surface area contributed by atoms with Crippen LogP contribution in [0.5, 0.6) is 0 Å². The van der Waals surface area contributed by atoms with E-state index in [0.29, 0.717) is 13.1 Å². The number of nitro groups is 1. The molecule has 1 unspecified atom stereocenters. The number of aromatic nitrogens is 2. The molecule has 1 aliphatic rings. The molecular formula is C12H20ClN5O3. The van der Waals surface area contributed by atoms with Gasteiger partial charge in [-0.25, -0.2) is 0 Å². The molecule has 0 saturated carbocycles. The number of carbonyl (C=O) groups is 1. The Morgan fingerprint density at radius 1 is 1.52 bits per heavy atom. The minimum Gasteiger partial charge on any atom is -0.338 e. The predicted octanol–water partition coefficient (Wildman–Crippen LogP) is 0.943. The molecule has 21 heavy (non-hydrogen) atoms. The van der Waals surface area contributed by atoms with E-state index in [1.807, 2.05) is 4.90 Å². The minimum atomic E-state index is -0.500. The number of nitrogens with zero attached hydrogens (tertiary/aromatic N) is 4. The van der Waals surface area contributed by atoms with Gasteiger partial charge in [0.15, 0.2) is 0 Å². The van der Waals surface area contributed by atoms with Gasteiger partial charge in [0.2, 0.25) is 5.91 Å². The van der Waals surface area contributed by atoms with Crippen LogP contribution < -0.4 is 5.73 Å². The van der Waals surface area contributed by atoms with Crippen molar-refractivity contribution in [1.29, 1.82) is 0 Å². The topological polar surface area (TPSA) is 107 Å². The van der Waals surface area contributed by atoms with Gasteiger partial charge in [-0.3, -0.25) is 19.6 Å². The smallest absolute Gasteiger partial charge is 0.306 e. The minimum absolute atomic E-state index is 0. The number of piperidine rings is 1. The molecule has 0 bridgehead atoms. The fourth-order valence-corrected chi connectivity index (χ4v) is 2.50. The third-order valence-corrected chi connectivity index (χ3v) is 3.60. The molecule has 9 heteroatoms. The molecule has 0 radical (unpaired) electrons. The highest BCUT2D eigenvalue weighted by Crippen LogP contribution is 2.17. The number of aryl methyl sites for hydroxylation is 1. The van der Waals surface area contributed by atoms with Crippen molar-refractivity contribution in [1.82, 2.24) is 14.7 Å². The van der Waals surface area contributed by atoms with Crippen LogP contribution in [0.2, 0.25) is 0 Å². The molecule has 1 saturated heterocycles. The molecular weight excluding hydrogens is 298 g/mol. The van der Waals surface area contributed by atoms with Crippen LogP contribution in [0.25, 0.3) is 0 Å². The Bertz CT molecular complexity index is 493. The van der Waals surface area contributed by atoms with Gasteiger partial charge in [0, 0.05) is 32.1 Å². The highest BCUT2D eigenvalue weighted by molar-refractivity contribution is 5.85. The largest absolute Gasteiger partial charge is 0.338 e. The second-order valence-corrected chi connectivity index (χ2v) is 4.94. The van der Waals surface area contributed by atoms with E-state index >= 15 is 0 Å². The molecule has 2 N–H and O–H groups in total. The van der Waals surface area contributed by atoms with E-state index < -0.39 is 4.92 Å². The van der Waals surface area contributed by atoms with Gasteiger partial charge in [-0.1, -0.05) is 0 Å². The van der Waals surface area contributed by atoms with Crippen molar-refractivity contribution in [3.8, 4) is 0 Å². The maximum Gasteiger partial charge on any atom is 0.306 e. The molecule has 2 heterocycles. The lowest BCUT2D eigenvalue weighted by atomic mass is 10.0. The maximum absolute atomic E-state index is 12.2. The van der Waals surface area contributed by atoms with Crippen LogP contribution in [0.4, 0.5) is 5.69 Å². The monoisotopic (exact) mass is 317 g/mol. The zero-order valence-corrected chi connectivity index (χ0v) is 12.5. The summed E-state index contributed by atoms with van der Waals surface area (Å²) in [5.41, 5.74) is 5.63. The summed E-state index contributed by atoms with van der Waals surface area (Å²) in [6.07, 6.45) is 5.88. The van der Waals surface area contributed by atoms with E-state index in [9.17, 15) is 14.9 Å². The van der Waals surface area contributed by atoms with Gasteiger partial charge in [0.25, 0.3) is 0 Å². The van der Waals surface area contributed by atoms with Crippen LogP contribution in [0.15, 0.2) is 12.4 Å². The van der Waals surface area contributed by atoms with Crippen molar-refractivity contribution in [2.75, 3.05) is 13.1 Å². The zero-order chi connectivity index (χ0) is 14.5. The summed E-state index contributed by atoms with van der Waals surface area (Å²) >= 11 is 0. The Morgan fingerprint density at radius 3 is 2.90 bits per heavy atom. The normalized spacial score (nSPS) is 18.1. The van der Waals surface area contributed by atoms with E-state index in [0.717, 1.165) is 25.8 Å². The lowest BCUT2D eigenvalue weighted by molar-refractivity contribution is -0.385. The van der Waals surface area contributed by atoms with Crippen molar-refractivity contribution in [2.45, 2.75) is 38.3 Å². The molecule has 1 aromatic rings. The lowest BCUT2D eigenvalue weighted by Gasteiger charge is -2.35. The number of rotatable bonds is 5. The molecule has 0 spiro atoms. The van der Waals surface area contributed by atoms with Crippen molar-refractivity contribution >= 4 is 24.0 Å². The molecule has 1 aliphatic heterocycles. The second kappa shape index (κ2) is 7.94. The summed E-state index contributed by atoms with van der Waals surface area (Å²) in [4.78, 5) is 24.1. The van der Waals surface area contributed by atoms with Crippen LogP contribution >= 0.6 is 12.4 Å². The van der Waals surface area contributed by atoms with Gasteiger partial charge < -0.3 is 10.6 Å². The van der Waals surface area contributed by atoms with E-state index in [1.165, 1.54) is 17.1 Å². The van der Waals surface area contributed by atoms with Crippen molar-refractivity contribution in [2.24, 2.45) is 5.73 Å². The zero-order valence-electron chi connectivity index (χ0n) is 11.7. The van der Waals surface area contributed by atoms with Crippen molar-refractivity contribution in [3.05, 3.63) is 22.5 Å². The van der Waals surface area contributed by atoms with E-state index in [2.05, 4.69) is 5.10 Å². The summed E-state index contributed by atoms with van der Waals surface area (Å²) in [5.74, 6) is 0.0401. The molecule has 1 atom stereocenters. The average Bonchev–Trinajstić information content (AvgIpc) is 2.94. The Balaban J connectivity index is 0.00000220. The average molecular weight is 318 g/mol. The third-order valence-electron chi connectivity index (χ3n) is 3.60. The van der Waals surface area contributed by atoms with Crippen LogP contribution in [0.1, 0.15) is 25.7 Å². The quantitative estimate of drug-likeness (QED) is 0.642. The SMILES string of the molecule is Cl.NCC1CCCCN1C(=O)CCn1cc([N+](=O)[O-])cn1. The van der Waals surface area contributed by atoms with Crippen molar-refractivity contribution in [3.63, 3.8) is 0 Å². The molecule has 1 aromatic heterocycles. The summed E-state index contributed by atoms with van der Waals surface area (Å²) in [7, 11) is 0. The first-order chi connectivity index (χ1) is 9.61. The van der Waals surface area contributed by atoms with Gasteiger partial charge >= 0.3 is 5.69 Å². The molecule has 0 aliphatic carbocycles. The molecule has 1 fully saturated rings. The van der Waals surface area contributed by atoms with Crippen molar-refractivity contribution < 1.29 is 9.72 Å². The summed E-state index contributed by atoms with van der Waals surface area (Å²) < 4.78 is 1.43. The van der Waals surface area contributed by atoms with Gasteiger partial charge in [-0.2, -0.15) is 5.10 Å². The predicted molar refractivity (Wildman–Crippen MR) is 79.2 cm³/mol. The fraction of sp³-hybridized carbons (Fsp3) is 0.667. The number of amides is 1. The van der Waals surface area contributed by atoms with Gasteiger partial charge in [0.05, 0.1) is 4.92 Å². The van der Waals surface area contributed by atoms with Crippen LogP contribution in [-0.2, 0) is 11.3 Å². The van der Waals surface area contributed by atoms with Gasteiger partial charge in [-0.05, 0) is 19.3 Å². The summed E-state index contributed by atoms with van der Waals surface area (Å²) in [6.45, 7) is 1.58. The highest BCUT2D eigenvalue weighted by atomic mass is 35.5. The van der Waals surface area contributed by atoms with Crippen LogP contribution in [-0.4, -0.2) is 44.6 Å². The van der Waals surface area contributed by atoms with E-state index in [1.54, 1.807) is 0 Å².